The number of carbonyl (C=O) groups is 1. The van der Waals surface area contributed by atoms with Gasteiger partial charge in [-0.1, -0.05) is 13.3 Å². The minimum atomic E-state index is 0.0566. The van der Waals surface area contributed by atoms with Crippen LogP contribution in [0.5, 0.6) is 0 Å². The van der Waals surface area contributed by atoms with Gasteiger partial charge in [-0.25, -0.2) is 4.98 Å². The molecular formula is C21H31N5O2. The predicted molar refractivity (Wildman–Crippen MR) is 109 cm³/mol. The lowest BCUT2D eigenvalue weighted by Crippen LogP contribution is -2.43. The van der Waals surface area contributed by atoms with Crippen LogP contribution in [0.25, 0.3) is 11.2 Å². The highest BCUT2D eigenvalue weighted by molar-refractivity contribution is 5.79. The number of hydrogen-bond donors (Lipinski definition) is 0. The number of aryl methyl sites for hydroxylation is 1. The molecule has 0 N–H and O–H groups in total. The second kappa shape index (κ2) is 8.47. The monoisotopic (exact) mass is 385 g/mol. The van der Waals surface area contributed by atoms with E-state index in [0.717, 1.165) is 51.4 Å². The lowest BCUT2D eigenvalue weighted by atomic mass is 10.1. The first-order chi connectivity index (χ1) is 13.6. The van der Waals surface area contributed by atoms with Crippen LogP contribution >= 0.6 is 0 Å². The quantitative estimate of drug-likeness (QED) is 0.806. The van der Waals surface area contributed by atoms with Crippen LogP contribution in [0.2, 0.25) is 0 Å². The molecule has 28 heavy (non-hydrogen) atoms. The predicted octanol–water partition coefficient (Wildman–Crippen LogP) is 2.69. The number of hydrogen-bond acceptors (Lipinski definition) is 6. The van der Waals surface area contributed by atoms with Gasteiger partial charge in [0.2, 0.25) is 11.6 Å². The smallest absolute Gasteiger partial charge is 0.300 e. The number of amides is 1. The summed E-state index contributed by atoms with van der Waals surface area (Å²) in [6, 6.07) is 4.47. The van der Waals surface area contributed by atoms with Crippen molar-refractivity contribution in [2.45, 2.75) is 39.5 Å². The zero-order valence-electron chi connectivity index (χ0n) is 17.1. The number of oxazole rings is 1. The van der Waals surface area contributed by atoms with Crippen LogP contribution in [0.1, 0.15) is 38.3 Å². The van der Waals surface area contributed by atoms with Crippen molar-refractivity contribution in [3.63, 3.8) is 0 Å². The van der Waals surface area contributed by atoms with Gasteiger partial charge in [-0.15, -0.1) is 0 Å². The first-order valence-electron chi connectivity index (χ1n) is 10.6. The zero-order valence-corrected chi connectivity index (χ0v) is 17.1. The van der Waals surface area contributed by atoms with E-state index in [9.17, 15) is 4.79 Å². The summed E-state index contributed by atoms with van der Waals surface area (Å²) >= 11 is 0. The topological polar surface area (TPSA) is 65.7 Å². The Balaban J connectivity index is 1.36. The van der Waals surface area contributed by atoms with Crippen molar-refractivity contribution in [1.29, 1.82) is 0 Å². The van der Waals surface area contributed by atoms with E-state index < -0.39 is 0 Å². The molecule has 0 spiro atoms. The molecule has 0 bridgehead atoms. The van der Waals surface area contributed by atoms with Gasteiger partial charge in [0.05, 0.1) is 0 Å². The second-order valence-electron chi connectivity index (χ2n) is 8.20. The zero-order chi connectivity index (χ0) is 19.5. The molecule has 1 atom stereocenters. The number of piperidine rings is 1. The van der Waals surface area contributed by atoms with Crippen molar-refractivity contribution in [1.82, 2.24) is 19.8 Å². The van der Waals surface area contributed by atoms with E-state index in [2.05, 4.69) is 26.7 Å². The summed E-state index contributed by atoms with van der Waals surface area (Å²) in [7, 11) is 0. The van der Waals surface area contributed by atoms with E-state index >= 15 is 0 Å². The van der Waals surface area contributed by atoms with Crippen LogP contribution in [0, 0.1) is 12.8 Å². The second-order valence-corrected chi connectivity index (χ2v) is 8.20. The fraction of sp³-hybridized carbons (Fsp3) is 0.667. The normalized spacial score (nSPS) is 20.4. The third-order valence-electron chi connectivity index (χ3n) is 5.86. The SMILES string of the molecule is Cc1ccc2oc(N3CCCN(C(=O)C(C)CN4CCCCC4)CC3)nc2n1. The maximum absolute atomic E-state index is 13.0. The van der Waals surface area contributed by atoms with Crippen molar-refractivity contribution in [2.75, 3.05) is 50.7 Å². The van der Waals surface area contributed by atoms with Crippen LogP contribution in [-0.2, 0) is 4.79 Å². The van der Waals surface area contributed by atoms with Crippen molar-refractivity contribution in [2.24, 2.45) is 5.92 Å². The molecule has 0 radical (unpaired) electrons. The van der Waals surface area contributed by atoms with Crippen LogP contribution in [-0.4, -0.2) is 71.5 Å². The highest BCUT2D eigenvalue weighted by Crippen LogP contribution is 2.22. The molecule has 0 aliphatic carbocycles. The minimum Gasteiger partial charge on any atom is -0.422 e. The van der Waals surface area contributed by atoms with E-state index in [-0.39, 0.29) is 11.8 Å². The van der Waals surface area contributed by atoms with Crippen molar-refractivity contribution < 1.29 is 9.21 Å². The number of rotatable bonds is 4. The number of anilines is 1. The van der Waals surface area contributed by atoms with E-state index in [0.29, 0.717) is 23.8 Å². The van der Waals surface area contributed by atoms with E-state index in [1.54, 1.807) is 0 Å². The van der Waals surface area contributed by atoms with E-state index in [1.807, 2.05) is 24.0 Å². The largest absolute Gasteiger partial charge is 0.422 e. The molecule has 152 valence electrons. The number of fused-ring (bicyclic) bond motifs is 1. The molecule has 7 heteroatoms. The summed E-state index contributed by atoms with van der Waals surface area (Å²) in [5.41, 5.74) is 2.30. The first kappa shape index (κ1) is 19.2. The average Bonchev–Trinajstić information content (AvgIpc) is 2.96. The summed E-state index contributed by atoms with van der Waals surface area (Å²) in [5.74, 6) is 0.337. The summed E-state index contributed by atoms with van der Waals surface area (Å²) in [5, 5.41) is 0. The number of pyridine rings is 1. The van der Waals surface area contributed by atoms with Gasteiger partial charge in [-0.05, 0) is 51.4 Å². The fourth-order valence-electron chi connectivity index (χ4n) is 4.29. The molecule has 1 amide bonds. The Hall–Kier alpha value is -2.15. The molecule has 2 aliphatic rings. The van der Waals surface area contributed by atoms with E-state index in [4.69, 9.17) is 4.42 Å². The maximum atomic E-state index is 13.0. The Bertz CT molecular complexity index is 814. The standard InChI is InChI=1S/C21H31N5O2/c1-16(15-24-9-4-3-5-10-24)20(27)25-11-6-12-26(14-13-25)21-23-19-18(28-21)8-7-17(2)22-19/h7-8,16H,3-6,9-15H2,1-2H3. The third kappa shape index (κ3) is 4.29. The molecule has 1 unspecified atom stereocenters. The van der Waals surface area contributed by atoms with Crippen molar-refractivity contribution >= 4 is 23.2 Å². The van der Waals surface area contributed by atoms with Gasteiger partial charge in [0, 0.05) is 44.3 Å². The third-order valence-corrected chi connectivity index (χ3v) is 5.86. The molecule has 0 aromatic carbocycles. The molecule has 2 fully saturated rings. The van der Waals surface area contributed by atoms with Gasteiger partial charge in [-0.2, -0.15) is 4.98 Å². The van der Waals surface area contributed by atoms with E-state index in [1.165, 1.54) is 19.3 Å². The lowest BCUT2D eigenvalue weighted by Gasteiger charge is -2.31. The van der Waals surface area contributed by atoms with Crippen molar-refractivity contribution in [3.05, 3.63) is 17.8 Å². The lowest BCUT2D eigenvalue weighted by molar-refractivity contribution is -0.135. The Kier molecular flexibility index (Phi) is 5.80. The first-order valence-corrected chi connectivity index (χ1v) is 10.6. The molecular weight excluding hydrogens is 354 g/mol. The Morgan fingerprint density at radius 1 is 1.04 bits per heavy atom. The molecule has 4 rings (SSSR count). The fourth-order valence-corrected chi connectivity index (χ4v) is 4.29. The van der Waals surface area contributed by atoms with Gasteiger partial charge in [0.1, 0.15) is 0 Å². The summed E-state index contributed by atoms with van der Waals surface area (Å²) < 4.78 is 5.90. The summed E-state index contributed by atoms with van der Waals surface area (Å²) in [4.78, 5) is 28.6. The number of aromatic nitrogens is 2. The summed E-state index contributed by atoms with van der Waals surface area (Å²) in [6.45, 7) is 10.3. The Labute approximate surface area is 166 Å². The minimum absolute atomic E-state index is 0.0566. The van der Waals surface area contributed by atoms with Gasteiger partial charge in [-0.3, -0.25) is 4.79 Å². The van der Waals surface area contributed by atoms with Crippen LogP contribution in [0.15, 0.2) is 16.5 Å². The average molecular weight is 386 g/mol. The highest BCUT2D eigenvalue weighted by atomic mass is 16.4. The van der Waals surface area contributed by atoms with Gasteiger partial charge < -0.3 is 19.1 Å². The molecule has 4 heterocycles. The molecule has 2 aromatic heterocycles. The van der Waals surface area contributed by atoms with Crippen LogP contribution in [0.3, 0.4) is 0 Å². The van der Waals surface area contributed by atoms with Gasteiger partial charge >= 0.3 is 0 Å². The highest BCUT2D eigenvalue weighted by Gasteiger charge is 2.26. The number of likely N-dealkylation sites (tertiary alicyclic amines) is 1. The molecule has 2 saturated heterocycles. The molecule has 0 saturated carbocycles. The summed E-state index contributed by atoms with van der Waals surface area (Å²) in [6.07, 6.45) is 4.77. The number of carbonyl (C=O) groups excluding carboxylic acids is 1. The van der Waals surface area contributed by atoms with Gasteiger partial charge in [0.25, 0.3) is 6.01 Å². The number of nitrogens with zero attached hydrogens (tertiary/aromatic N) is 5. The molecule has 7 nitrogen and oxygen atoms in total. The van der Waals surface area contributed by atoms with Crippen LogP contribution < -0.4 is 4.90 Å². The maximum Gasteiger partial charge on any atom is 0.300 e. The van der Waals surface area contributed by atoms with Gasteiger partial charge in [0.15, 0.2) is 5.58 Å². The molecule has 2 aromatic rings. The van der Waals surface area contributed by atoms with Crippen molar-refractivity contribution in [3.8, 4) is 0 Å². The Morgan fingerprint density at radius 3 is 2.68 bits per heavy atom. The molecule has 2 aliphatic heterocycles. The Morgan fingerprint density at radius 2 is 1.86 bits per heavy atom. The van der Waals surface area contributed by atoms with Crippen LogP contribution in [0.4, 0.5) is 6.01 Å².